The molecule has 1 aromatic rings. The van der Waals surface area contributed by atoms with Gasteiger partial charge in [0, 0.05) is 5.56 Å². The Kier molecular flexibility index (Phi) is 8.25. The Morgan fingerprint density at radius 2 is 1.57 bits per heavy atom. The van der Waals surface area contributed by atoms with E-state index in [0.717, 1.165) is 12.1 Å². The number of aliphatic hydroxyl groups excluding tert-OH is 1. The molecule has 5 nitrogen and oxygen atoms in total. The van der Waals surface area contributed by atoms with Gasteiger partial charge in [0.2, 0.25) is 5.78 Å². The number of allylic oxidation sites excluding steroid dienone is 2. The first-order valence-corrected chi connectivity index (χ1v) is 8.27. The van der Waals surface area contributed by atoms with Crippen LogP contribution in [-0.4, -0.2) is 46.2 Å². The van der Waals surface area contributed by atoms with Crippen molar-refractivity contribution < 1.29 is 41.8 Å². The lowest BCUT2D eigenvalue weighted by Gasteiger charge is -2.18. The number of aliphatic carboxylic acids is 1. The number of carbonyl (C=O) groups is 2. The SMILES string of the molecule is NC(C(=O)O)C(O)CCC=CCCc1ccc(C(=O)C(F)(F)C(F)(F)F)cc1. The van der Waals surface area contributed by atoms with Gasteiger partial charge in [-0.2, -0.15) is 22.0 Å². The van der Waals surface area contributed by atoms with Crippen molar-refractivity contribution >= 4 is 11.8 Å². The van der Waals surface area contributed by atoms with Gasteiger partial charge in [-0.25, -0.2) is 0 Å². The van der Waals surface area contributed by atoms with E-state index in [-0.39, 0.29) is 6.42 Å². The molecular weight excluding hydrogens is 389 g/mol. The largest absolute Gasteiger partial charge is 0.480 e. The average Bonchev–Trinajstić information content (AvgIpc) is 2.62. The van der Waals surface area contributed by atoms with Crippen LogP contribution in [0.4, 0.5) is 22.0 Å². The summed E-state index contributed by atoms with van der Waals surface area (Å²) in [4.78, 5) is 21.9. The summed E-state index contributed by atoms with van der Waals surface area (Å²) in [5.41, 5.74) is 5.15. The first kappa shape index (κ1) is 23.7. The molecule has 0 saturated carbocycles. The minimum absolute atomic E-state index is 0.161. The molecule has 1 rings (SSSR count). The van der Waals surface area contributed by atoms with Crippen molar-refractivity contribution in [1.82, 2.24) is 0 Å². The van der Waals surface area contributed by atoms with E-state index in [1.165, 1.54) is 12.1 Å². The predicted octanol–water partition coefficient (Wildman–Crippen LogP) is 3.11. The third kappa shape index (κ3) is 6.38. The molecule has 0 bridgehead atoms. The maximum Gasteiger partial charge on any atom is 0.461 e. The Bertz CT molecular complexity index is 701. The fraction of sp³-hybridized carbons (Fsp3) is 0.444. The quantitative estimate of drug-likeness (QED) is 0.313. The number of aryl methyl sites for hydroxylation is 1. The smallest absolute Gasteiger partial charge is 0.461 e. The van der Waals surface area contributed by atoms with Crippen LogP contribution in [0.15, 0.2) is 36.4 Å². The van der Waals surface area contributed by atoms with Crippen molar-refractivity contribution in [1.29, 1.82) is 0 Å². The Hall–Kier alpha value is -2.33. The van der Waals surface area contributed by atoms with Crippen molar-refractivity contribution in [2.24, 2.45) is 5.73 Å². The van der Waals surface area contributed by atoms with E-state index in [0.29, 0.717) is 24.8 Å². The van der Waals surface area contributed by atoms with Crippen molar-refractivity contribution in [3.05, 3.63) is 47.5 Å². The summed E-state index contributed by atoms with van der Waals surface area (Å²) in [6, 6.07) is 3.07. The van der Waals surface area contributed by atoms with Crippen LogP contribution in [0.2, 0.25) is 0 Å². The van der Waals surface area contributed by atoms with Crippen molar-refractivity contribution in [2.75, 3.05) is 0 Å². The van der Waals surface area contributed by atoms with Crippen molar-refractivity contribution in [3.63, 3.8) is 0 Å². The summed E-state index contributed by atoms with van der Waals surface area (Å²) in [7, 11) is 0. The summed E-state index contributed by atoms with van der Waals surface area (Å²) >= 11 is 0. The highest BCUT2D eigenvalue weighted by Gasteiger charge is 2.63. The van der Waals surface area contributed by atoms with Crippen LogP contribution in [0.5, 0.6) is 0 Å². The van der Waals surface area contributed by atoms with Crippen LogP contribution in [0.3, 0.4) is 0 Å². The normalized spacial score (nSPS) is 14.8. The first-order valence-electron chi connectivity index (χ1n) is 8.27. The zero-order chi connectivity index (χ0) is 21.5. The number of halogens is 5. The van der Waals surface area contributed by atoms with E-state index in [1.54, 1.807) is 12.2 Å². The van der Waals surface area contributed by atoms with E-state index >= 15 is 0 Å². The molecule has 0 amide bonds. The van der Waals surface area contributed by atoms with Crippen LogP contribution in [0.25, 0.3) is 0 Å². The highest BCUT2D eigenvalue weighted by molar-refractivity contribution is 6.01. The van der Waals surface area contributed by atoms with Gasteiger partial charge >= 0.3 is 18.1 Å². The number of Topliss-reactive ketones (excluding diaryl/α,β-unsaturated/α-hetero) is 1. The number of carbonyl (C=O) groups excluding carboxylic acids is 1. The maximum absolute atomic E-state index is 13.0. The fourth-order valence-corrected chi connectivity index (χ4v) is 2.23. The Labute approximate surface area is 157 Å². The minimum Gasteiger partial charge on any atom is -0.480 e. The van der Waals surface area contributed by atoms with Crippen molar-refractivity contribution in [3.8, 4) is 0 Å². The molecule has 2 unspecified atom stereocenters. The summed E-state index contributed by atoms with van der Waals surface area (Å²) in [6.45, 7) is 0. The number of ketones is 1. The lowest BCUT2D eigenvalue weighted by Crippen LogP contribution is -2.44. The van der Waals surface area contributed by atoms with Crippen molar-refractivity contribution in [2.45, 2.75) is 49.9 Å². The standard InChI is InChI=1S/C18H20F5NO4/c19-17(20,18(21,22)23)15(26)12-9-7-11(8-10-12)5-3-1-2-4-6-13(25)14(24)16(27)28/h1-2,7-10,13-14,25H,3-6,24H2,(H,27,28). The number of hydrogen-bond acceptors (Lipinski definition) is 4. The fourth-order valence-electron chi connectivity index (χ4n) is 2.23. The maximum atomic E-state index is 13.0. The van der Waals surface area contributed by atoms with Gasteiger partial charge in [-0.15, -0.1) is 0 Å². The van der Waals surface area contributed by atoms with E-state index in [4.69, 9.17) is 10.8 Å². The average molecular weight is 409 g/mol. The Morgan fingerprint density at radius 1 is 1.04 bits per heavy atom. The second-order valence-corrected chi connectivity index (χ2v) is 6.12. The van der Waals surface area contributed by atoms with Gasteiger partial charge in [-0.05, 0) is 31.2 Å². The molecule has 10 heteroatoms. The molecule has 0 radical (unpaired) electrons. The zero-order valence-electron chi connectivity index (χ0n) is 14.6. The summed E-state index contributed by atoms with van der Waals surface area (Å²) in [5, 5.41) is 18.1. The predicted molar refractivity (Wildman–Crippen MR) is 90.1 cm³/mol. The number of benzene rings is 1. The molecule has 4 N–H and O–H groups in total. The molecule has 0 saturated heterocycles. The van der Waals surface area contributed by atoms with Crippen LogP contribution >= 0.6 is 0 Å². The van der Waals surface area contributed by atoms with Gasteiger partial charge in [-0.3, -0.25) is 9.59 Å². The molecule has 0 aliphatic heterocycles. The third-order valence-electron chi connectivity index (χ3n) is 3.95. The topological polar surface area (TPSA) is 101 Å². The van der Waals surface area contributed by atoms with Gasteiger partial charge in [-0.1, -0.05) is 36.4 Å². The number of carboxylic acids is 1. The second-order valence-electron chi connectivity index (χ2n) is 6.12. The summed E-state index contributed by atoms with van der Waals surface area (Å²) < 4.78 is 62.7. The summed E-state index contributed by atoms with van der Waals surface area (Å²) in [6.07, 6.45) is -2.17. The lowest BCUT2D eigenvalue weighted by atomic mass is 10.0. The monoisotopic (exact) mass is 409 g/mol. The molecule has 156 valence electrons. The van der Waals surface area contributed by atoms with E-state index in [9.17, 15) is 36.6 Å². The highest BCUT2D eigenvalue weighted by atomic mass is 19.4. The number of nitrogens with two attached hydrogens (primary N) is 1. The van der Waals surface area contributed by atoms with Gasteiger partial charge < -0.3 is 15.9 Å². The van der Waals surface area contributed by atoms with E-state index < -0.39 is 41.6 Å². The Balaban J connectivity index is 2.50. The molecule has 28 heavy (non-hydrogen) atoms. The second kappa shape index (κ2) is 9.74. The van der Waals surface area contributed by atoms with Gasteiger partial charge in [0.1, 0.15) is 6.04 Å². The molecule has 0 heterocycles. The number of hydrogen-bond donors (Lipinski definition) is 3. The minimum atomic E-state index is -5.95. The molecule has 0 aromatic heterocycles. The molecule has 2 atom stereocenters. The van der Waals surface area contributed by atoms with Crippen LogP contribution in [-0.2, 0) is 11.2 Å². The molecular formula is C18H20F5NO4. The van der Waals surface area contributed by atoms with Gasteiger partial charge in [0.05, 0.1) is 6.10 Å². The highest BCUT2D eigenvalue weighted by Crippen LogP contribution is 2.37. The number of alkyl halides is 5. The zero-order valence-corrected chi connectivity index (χ0v) is 14.6. The summed E-state index contributed by atoms with van der Waals surface area (Å²) in [5.74, 6) is -9.04. The first-order chi connectivity index (χ1) is 12.9. The van der Waals surface area contributed by atoms with E-state index in [2.05, 4.69) is 0 Å². The number of aliphatic hydroxyl groups is 1. The third-order valence-corrected chi connectivity index (χ3v) is 3.95. The molecule has 0 aliphatic rings. The van der Waals surface area contributed by atoms with Crippen LogP contribution in [0.1, 0.15) is 35.2 Å². The van der Waals surface area contributed by atoms with Crippen LogP contribution in [0, 0.1) is 0 Å². The lowest BCUT2D eigenvalue weighted by molar-refractivity contribution is -0.255. The number of carboxylic acid groups (broad SMARTS) is 1. The van der Waals surface area contributed by atoms with Crippen LogP contribution < -0.4 is 5.73 Å². The van der Waals surface area contributed by atoms with E-state index in [1.807, 2.05) is 0 Å². The molecule has 0 fully saturated rings. The number of rotatable bonds is 10. The molecule has 1 aromatic carbocycles. The van der Waals surface area contributed by atoms with Gasteiger partial charge in [0.15, 0.2) is 0 Å². The van der Waals surface area contributed by atoms with Gasteiger partial charge in [0.25, 0.3) is 0 Å². The Morgan fingerprint density at radius 3 is 2.07 bits per heavy atom. The molecule has 0 aliphatic carbocycles. The molecule has 0 spiro atoms.